The Kier molecular flexibility index (Phi) is 17.4. The summed E-state index contributed by atoms with van der Waals surface area (Å²) in [5.74, 6) is 0.454. The van der Waals surface area contributed by atoms with Gasteiger partial charge in [-0.1, -0.05) is 48.5 Å². The number of aryl methyl sites for hydroxylation is 4. The van der Waals surface area contributed by atoms with Crippen LogP contribution in [0.15, 0.2) is 107 Å². The first kappa shape index (κ1) is 37.1. The first-order valence-electron chi connectivity index (χ1n) is 12.1. The molecule has 0 aromatic heterocycles. The van der Waals surface area contributed by atoms with Gasteiger partial charge in [-0.2, -0.15) is 0 Å². The molecule has 0 heterocycles. The average molecular weight is 783 g/mol. The SMILES string of the molecule is Cc1cccc(=O)c([OH2+])c1.Cc1cccc(=O)c([OH2+])c1.Cc1cccc(=[OH+])c([OH2+])c1.Cc1cccc(=[OH+])c([OH2+])c1.[Th]. The summed E-state index contributed by atoms with van der Waals surface area (Å²) in [6, 6.07) is 26.2. The second kappa shape index (κ2) is 19.2. The van der Waals surface area contributed by atoms with Crippen molar-refractivity contribution in [2.24, 2.45) is 0 Å². The molecule has 9 heteroatoms. The fraction of sp³-hybridized carbons (Fsp3) is 0.125. The third-order valence-corrected chi connectivity index (χ3v) is 5.01. The molecule has 41 heavy (non-hydrogen) atoms. The molecule has 0 saturated carbocycles. The molecular weight excluding hydrogens is 744 g/mol. The van der Waals surface area contributed by atoms with Crippen LogP contribution >= 0.6 is 0 Å². The van der Waals surface area contributed by atoms with Gasteiger partial charge in [0, 0.05) is 64.2 Å². The van der Waals surface area contributed by atoms with Crippen LogP contribution in [0.1, 0.15) is 22.3 Å². The zero-order valence-corrected chi connectivity index (χ0v) is 27.6. The summed E-state index contributed by atoms with van der Waals surface area (Å²) in [5, 5.41) is 28.8. The summed E-state index contributed by atoms with van der Waals surface area (Å²) in [6.07, 6.45) is 0. The maximum absolute atomic E-state index is 10.8. The molecule has 0 radical (unpaired) electrons. The Balaban J connectivity index is 0.000000516. The summed E-state index contributed by atoms with van der Waals surface area (Å²) >= 11 is 0. The van der Waals surface area contributed by atoms with Crippen molar-refractivity contribution in [1.82, 2.24) is 0 Å². The van der Waals surface area contributed by atoms with Crippen molar-refractivity contribution < 1.29 is 70.0 Å². The number of rotatable bonds is 0. The quantitative estimate of drug-likeness (QED) is 0.250. The topological polar surface area (TPSA) is 169 Å². The Morgan fingerprint density at radius 1 is 0.439 bits per heavy atom. The van der Waals surface area contributed by atoms with Gasteiger partial charge in [0.2, 0.25) is 0 Å². The van der Waals surface area contributed by atoms with Gasteiger partial charge >= 0.3 is 33.9 Å². The molecule has 4 aromatic rings. The second-order valence-electron chi connectivity index (χ2n) is 8.81. The standard InChI is InChI=1S/4C8H8O2.Th/c4*1-6-3-2-4-7(9)8(10)5-6;/h4*2-5H,1H3,(H,9,10);/p+6. The molecule has 4 aromatic carbocycles. The van der Waals surface area contributed by atoms with Crippen LogP contribution in [0.3, 0.4) is 0 Å². The van der Waals surface area contributed by atoms with E-state index in [1.165, 1.54) is 24.3 Å². The first-order valence-corrected chi connectivity index (χ1v) is 12.1. The molecule has 0 aliphatic heterocycles. The van der Waals surface area contributed by atoms with Crippen molar-refractivity contribution in [3.63, 3.8) is 0 Å². The number of hydrogen-bond acceptors (Lipinski definition) is 2. The smallest absolute Gasteiger partial charge is 0.433 e. The van der Waals surface area contributed by atoms with Gasteiger partial charge in [-0.15, -0.1) is 0 Å². The van der Waals surface area contributed by atoms with Crippen molar-refractivity contribution in [1.29, 1.82) is 0 Å². The maximum Gasteiger partial charge on any atom is 0.433 e. The van der Waals surface area contributed by atoms with Gasteiger partial charge in [-0.3, -0.25) is 19.2 Å². The van der Waals surface area contributed by atoms with E-state index in [9.17, 15) is 9.59 Å². The Morgan fingerprint density at radius 2 is 0.683 bits per heavy atom. The van der Waals surface area contributed by atoms with Gasteiger partial charge < -0.3 is 20.4 Å². The molecule has 10 N–H and O–H groups in total. The van der Waals surface area contributed by atoms with Crippen LogP contribution in [0, 0.1) is 67.6 Å². The van der Waals surface area contributed by atoms with Gasteiger partial charge in [0.05, 0.1) is 12.1 Å². The monoisotopic (exact) mass is 782 g/mol. The molecule has 4 rings (SSSR count). The zero-order valence-electron chi connectivity index (χ0n) is 23.4. The molecule has 0 saturated heterocycles. The molecule has 0 spiro atoms. The summed E-state index contributed by atoms with van der Waals surface area (Å²) in [6.45, 7) is 7.49. The van der Waals surface area contributed by atoms with E-state index in [0.717, 1.165) is 22.3 Å². The predicted molar refractivity (Wildman–Crippen MR) is 160 cm³/mol. The van der Waals surface area contributed by atoms with E-state index < -0.39 is 0 Å². The van der Waals surface area contributed by atoms with Crippen LogP contribution < -0.4 is 21.7 Å². The number of hydrogen-bond donors (Lipinski definition) is 0. The van der Waals surface area contributed by atoms with Crippen LogP contribution in [0.5, 0.6) is 23.0 Å². The van der Waals surface area contributed by atoms with E-state index in [0.29, 0.717) is 0 Å². The first-order chi connectivity index (χ1) is 18.8. The molecule has 212 valence electrons. The van der Waals surface area contributed by atoms with E-state index in [1.807, 2.05) is 39.8 Å². The van der Waals surface area contributed by atoms with Gasteiger partial charge in [0.15, 0.2) is 0 Å². The Morgan fingerprint density at radius 3 is 0.976 bits per heavy atom. The van der Waals surface area contributed by atoms with Crippen LogP contribution in [-0.4, -0.2) is 30.0 Å². The Bertz CT molecular complexity index is 1420. The van der Waals surface area contributed by atoms with Crippen molar-refractivity contribution in [2.45, 2.75) is 27.7 Å². The molecule has 0 unspecified atom stereocenters. The molecule has 0 atom stereocenters. The molecule has 0 amide bonds. The van der Waals surface area contributed by atoms with Gasteiger partial charge in [-0.05, 0) is 62.1 Å². The fourth-order valence-electron chi connectivity index (χ4n) is 2.91. The van der Waals surface area contributed by atoms with Crippen LogP contribution in [0.2, 0.25) is 0 Å². The van der Waals surface area contributed by atoms with Crippen LogP contribution in [0.4, 0.5) is 0 Å². The van der Waals surface area contributed by atoms with Gasteiger partial charge in [-0.25, -0.2) is 0 Å². The van der Waals surface area contributed by atoms with E-state index in [1.54, 1.807) is 60.7 Å². The van der Waals surface area contributed by atoms with Crippen molar-refractivity contribution in [2.75, 3.05) is 0 Å². The largest absolute Gasteiger partial charge is 0.591 e. The molecular formula is C32H38O8Th+6. The predicted octanol–water partition coefficient (Wildman–Crippen LogP) is 2.46. The summed E-state index contributed by atoms with van der Waals surface area (Å²) in [4.78, 5) is 39.6. The van der Waals surface area contributed by atoms with Crippen molar-refractivity contribution in [3.05, 3.63) is 151 Å². The summed E-state index contributed by atoms with van der Waals surface area (Å²) in [7, 11) is 0. The van der Waals surface area contributed by atoms with Crippen LogP contribution in [0.25, 0.3) is 0 Å². The van der Waals surface area contributed by atoms with E-state index >= 15 is 0 Å². The minimum absolute atomic E-state index is 0. The fourth-order valence-corrected chi connectivity index (χ4v) is 2.91. The van der Waals surface area contributed by atoms with E-state index in [4.69, 9.17) is 30.0 Å². The minimum atomic E-state index is -0.229. The van der Waals surface area contributed by atoms with Gasteiger partial charge in [0.1, 0.15) is 0 Å². The second-order valence-corrected chi connectivity index (χ2v) is 8.81. The summed E-state index contributed by atoms with van der Waals surface area (Å²) < 4.78 is 0. The third kappa shape index (κ3) is 15.5. The molecule has 0 fully saturated rings. The van der Waals surface area contributed by atoms with E-state index in [-0.39, 0.29) is 84.7 Å². The Labute approximate surface area is 269 Å². The molecule has 0 aliphatic carbocycles. The molecule has 0 bridgehead atoms. The Hall–Kier alpha value is -3.92. The van der Waals surface area contributed by atoms with E-state index in [2.05, 4.69) is 0 Å². The zero-order chi connectivity index (χ0) is 30.2. The normalized spacial score (nSPS) is 9.07. The third-order valence-electron chi connectivity index (χ3n) is 5.01. The van der Waals surface area contributed by atoms with Gasteiger partial charge in [0.25, 0.3) is 10.9 Å². The maximum atomic E-state index is 10.8. The van der Waals surface area contributed by atoms with Crippen molar-refractivity contribution >= 4 is 0 Å². The van der Waals surface area contributed by atoms with Crippen molar-refractivity contribution in [3.8, 4) is 23.0 Å². The molecule has 8 nitrogen and oxygen atoms in total. The summed E-state index contributed by atoms with van der Waals surface area (Å²) in [5.41, 5.74) is 3.41. The van der Waals surface area contributed by atoms with Crippen LogP contribution in [-0.2, 0) is 0 Å². The minimum Gasteiger partial charge on any atom is -0.591 e. The molecule has 0 aliphatic rings. The average Bonchev–Trinajstić information content (AvgIpc) is 3.26.